The number of hydrogen-bond donors (Lipinski definition) is 2. The number of hydrogen-bond acceptors (Lipinski definition) is 6. The van der Waals surface area contributed by atoms with Gasteiger partial charge in [-0.15, -0.1) is 0 Å². The Kier molecular flexibility index (Phi) is 7.66. The van der Waals surface area contributed by atoms with Crippen LogP contribution in [0.4, 0.5) is 0 Å². The SMILES string of the molecule is Cc1ccc(Cn2ncnc2C(O)C(C)CC(O)(c2ncnn2Cc2ccc(C)cc2)C(C)C)cc1. The fourth-order valence-electron chi connectivity index (χ4n) is 4.51. The average Bonchev–Trinajstić information content (AvgIpc) is 3.51. The quantitative estimate of drug-likeness (QED) is 0.347. The molecule has 190 valence electrons. The zero-order valence-electron chi connectivity index (χ0n) is 21.7. The third kappa shape index (κ3) is 5.55. The van der Waals surface area contributed by atoms with Crippen LogP contribution in [0, 0.1) is 25.7 Å². The van der Waals surface area contributed by atoms with E-state index >= 15 is 0 Å². The van der Waals surface area contributed by atoms with Gasteiger partial charge in [-0.3, -0.25) is 0 Å². The Hall–Kier alpha value is -3.36. The van der Waals surface area contributed by atoms with Crippen molar-refractivity contribution >= 4 is 0 Å². The van der Waals surface area contributed by atoms with Gasteiger partial charge in [0.15, 0.2) is 11.6 Å². The number of benzene rings is 2. The van der Waals surface area contributed by atoms with Gasteiger partial charge in [0.2, 0.25) is 0 Å². The first kappa shape index (κ1) is 25.7. The van der Waals surface area contributed by atoms with E-state index in [0.29, 0.717) is 24.7 Å². The lowest BCUT2D eigenvalue weighted by molar-refractivity contribution is -0.0596. The molecule has 36 heavy (non-hydrogen) atoms. The Labute approximate surface area is 212 Å². The van der Waals surface area contributed by atoms with Crippen molar-refractivity contribution in [1.29, 1.82) is 0 Å². The highest BCUT2D eigenvalue weighted by molar-refractivity contribution is 5.23. The van der Waals surface area contributed by atoms with E-state index in [2.05, 4.69) is 75.6 Å². The monoisotopic (exact) mass is 488 g/mol. The van der Waals surface area contributed by atoms with Crippen LogP contribution in [0.15, 0.2) is 61.2 Å². The van der Waals surface area contributed by atoms with Crippen LogP contribution in [0.1, 0.15) is 67.2 Å². The summed E-state index contributed by atoms with van der Waals surface area (Å²) in [6.07, 6.45) is 2.33. The summed E-state index contributed by atoms with van der Waals surface area (Å²) in [7, 11) is 0. The molecule has 2 aromatic carbocycles. The van der Waals surface area contributed by atoms with Gasteiger partial charge >= 0.3 is 0 Å². The first-order valence-corrected chi connectivity index (χ1v) is 12.4. The molecule has 2 aromatic heterocycles. The lowest BCUT2D eigenvalue weighted by atomic mass is 9.79. The van der Waals surface area contributed by atoms with Crippen LogP contribution in [-0.2, 0) is 18.7 Å². The predicted molar refractivity (Wildman–Crippen MR) is 138 cm³/mol. The number of aromatic nitrogens is 6. The van der Waals surface area contributed by atoms with Gasteiger partial charge in [-0.2, -0.15) is 10.2 Å². The Morgan fingerprint density at radius 3 is 1.83 bits per heavy atom. The molecule has 0 bridgehead atoms. The molecule has 4 rings (SSSR count). The molecule has 2 N–H and O–H groups in total. The van der Waals surface area contributed by atoms with Gasteiger partial charge in [-0.1, -0.05) is 80.4 Å². The summed E-state index contributed by atoms with van der Waals surface area (Å²) in [4.78, 5) is 8.82. The van der Waals surface area contributed by atoms with Crippen LogP contribution in [0.2, 0.25) is 0 Å². The van der Waals surface area contributed by atoms with Gasteiger partial charge in [0.1, 0.15) is 24.4 Å². The van der Waals surface area contributed by atoms with Crippen molar-refractivity contribution in [3.63, 3.8) is 0 Å². The number of rotatable bonds is 10. The molecule has 0 aliphatic rings. The maximum absolute atomic E-state index is 11.9. The van der Waals surface area contributed by atoms with Crippen LogP contribution in [0.3, 0.4) is 0 Å². The minimum atomic E-state index is -1.29. The van der Waals surface area contributed by atoms with Gasteiger partial charge < -0.3 is 10.2 Å². The lowest BCUT2D eigenvalue weighted by Crippen LogP contribution is -2.38. The van der Waals surface area contributed by atoms with Gasteiger partial charge in [-0.05, 0) is 43.2 Å². The third-order valence-electron chi connectivity index (χ3n) is 6.95. The van der Waals surface area contributed by atoms with Crippen molar-refractivity contribution in [2.75, 3.05) is 0 Å². The van der Waals surface area contributed by atoms with E-state index in [-0.39, 0.29) is 18.3 Å². The standard InChI is InChI=1S/C28H36N6O2/c1-19(2)28(36,27-30-18-32-34(27)16-24-12-8-21(4)9-13-24)14-22(5)25(35)26-29-17-31-33(26)15-23-10-6-20(3)7-11-23/h6-13,17-19,22,25,35-36H,14-16H2,1-5H3. The molecule has 0 aliphatic heterocycles. The number of aliphatic hydroxyl groups is 2. The van der Waals surface area contributed by atoms with Crippen molar-refractivity contribution in [2.24, 2.45) is 11.8 Å². The Balaban J connectivity index is 1.54. The summed E-state index contributed by atoms with van der Waals surface area (Å²) in [6.45, 7) is 11.0. The van der Waals surface area contributed by atoms with E-state index in [1.54, 1.807) is 9.36 Å². The molecule has 3 atom stereocenters. The van der Waals surface area contributed by atoms with Crippen LogP contribution in [0.5, 0.6) is 0 Å². The molecular formula is C28H36N6O2. The van der Waals surface area contributed by atoms with Gasteiger partial charge in [0.25, 0.3) is 0 Å². The largest absolute Gasteiger partial charge is 0.385 e. The molecule has 0 aliphatic carbocycles. The van der Waals surface area contributed by atoms with E-state index in [4.69, 9.17) is 0 Å². The molecule has 0 spiro atoms. The highest BCUT2D eigenvalue weighted by Gasteiger charge is 2.41. The molecule has 0 amide bonds. The molecule has 0 saturated carbocycles. The van der Waals surface area contributed by atoms with E-state index in [0.717, 1.165) is 11.1 Å². The fourth-order valence-corrected chi connectivity index (χ4v) is 4.51. The second-order valence-corrected chi connectivity index (χ2v) is 10.2. The molecule has 2 heterocycles. The molecule has 0 saturated heterocycles. The minimum Gasteiger partial charge on any atom is -0.385 e. The topological polar surface area (TPSA) is 102 Å². The van der Waals surface area contributed by atoms with Gasteiger partial charge in [0.05, 0.1) is 13.1 Å². The first-order chi connectivity index (χ1) is 17.2. The second kappa shape index (κ2) is 10.7. The molecule has 8 heteroatoms. The minimum absolute atomic E-state index is 0.154. The van der Waals surface area contributed by atoms with E-state index in [9.17, 15) is 10.2 Å². The number of aryl methyl sites for hydroxylation is 2. The van der Waals surface area contributed by atoms with Crippen molar-refractivity contribution in [2.45, 2.75) is 65.8 Å². The summed E-state index contributed by atoms with van der Waals surface area (Å²) in [6, 6.07) is 16.5. The van der Waals surface area contributed by atoms with Gasteiger partial charge in [-0.25, -0.2) is 19.3 Å². The maximum Gasteiger partial charge on any atom is 0.159 e. The normalized spacial score (nSPS) is 15.1. The van der Waals surface area contributed by atoms with Crippen molar-refractivity contribution in [3.8, 4) is 0 Å². The average molecular weight is 489 g/mol. The summed E-state index contributed by atoms with van der Waals surface area (Å²) < 4.78 is 3.48. The van der Waals surface area contributed by atoms with Crippen molar-refractivity contribution < 1.29 is 10.2 Å². The molecule has 0 radical (unpaired) electrons. The summed E-state index contributed by atoms with van der Waals surface area (Å²) >= 11 is 0. The zero-order valence-corrected chi connectivity index (χ0v) is 21.7. The summed E-state index contributed by atoms with van der Waals surface area (Å²) in [5.41, 5.74) is 3.25. The highest BCUT2D eigenvalue weighted by atomic mass is 16.3. The van der Waals surface area contributed by atoms with Crippen molar-refractivity contribution in [1.82, 2.24) is 29.5 Å². The Morgan fingerprint density at radius 1 is 0.778 bits per heavy atom. The maximum atomic E-state index is 11.9. The molecule has 3 unspecified atom stereocenters. The van der Waals surface area contributed by atoms with Crippen LogP contribution >= 0.6 is 0 Å². The lowest BCUT2D eigenvalue weighted by Gasteiger charge is -2.35. The van der Waals surface area contributed by atoms with Crippen LogP contribution in [-0.4, -0.2) is 39.7 Å². The Bertz CT molecular complexity index is 1260. The van der Waals surface area contributed by atoms with E-state index in [1.165, 1.54) is 23.8 Å². The third-order valence-corrected chi connectivity index (χ3v) is 6.95. The van der Waals surface area contributed by atoms with Gasteiger partial charge in [0, 0.05) is 0 Å². The zero-order chi connectivity index (χ0) is 25.9. The highest BCUT2D eigenvalue weighted by Crippen LogP contribution is 2.38. The number of nitrogens with zero attached hydrogens (tertiary/aromatic N) is 6. The molecule has 8 nitrogen and oxygen atoms in total. The van der Waals surface area contributed by atoms with Crippen LogP contribution < -0.4 is 0 Å². The van der Waals surface area contributed by atoms with Crippen molar-refractivity contribution in [3.05, 3.63) is 95.1 Å². The van der Waals surface area contributed by atoms with E-state index in [1.807, 2.05) is 27.7 Å². The smallest absolute Gasteiger partial charge is 0.159 e. The first-order valence-electron chi connectivity index (χ1n) is 12.4. The molecular weight excluding hydrogens is 452 g/mol. The molecule has 0 fully saturated rings. The van der Waals surface area contributed by atoms with E-state index < -0.39 is 11.7 Å². The predicted octanol–water partition coefficient (Wildman–Crippen LogP) is 4.19. The molecule has 4 aromatic rings. The van der Waals surface area contributed by atoms with Crippen LogP contribution in [0.25, 0.3) is 0 Å². The summed E-state index contributed by atoms with van der Waals surface area (Å²) in [5, 5.41) is 31.9. The second-order valence-electron chi connectivity index (χ2n) is 10.2. The fraction of sp³-hybridized carbons (Fsp3) is 0.429. The summed E-state index contributed by atoms with van der Waals surface area (Å²) in [5.74, 6) is 0.509. The Morgan fingerprint density at radius 2 is 1.28 bits per heavy atom. The number of aliphatic hydroxyl groups excluding tert-OH is 1.